The zero-order chi connectivity index (χ0) is 22.2. The van der Waals surface area contributed by atoms with Gasteiger partial charge in [-0.25, -0.2) is 10.2 Å². The first-order chi connectivity index (χ1) is 14.7. The van der Waals surface area contributed by atoms with E-state index in [0.29, 0.717) is 41.2 Å². The number of halogens is 1. The molecule has 1 aliphatic carbocycles. The molecule has 0 amide bonds. The summed E-state index contributed by atoms with van der Waals surface area (Å²) in [4.78, 5) is 12.8. The minimum atomic E-state index is -4.34. The number of carbonyl (C=O) groups is 1. The van der Waals surface area contributed by atoms with Gasteiger partial charge >= 0.3 is 0 Å². The van der Waals surface area contributed by atoms with Crippen molar-refractivity contribution in [2.45, 2.75) is 4.90 Å². The molecule has 0 aromatic heterocycles. The number of anilines is 1. The molecule has 0 saturated heterocycles. The van der Waals surface area contributed by atoms with Gasteiger partial charge in [-0.3, -0.25) is 14.4 Å². The highest BCUT2D eigenvalue weighted by atomic mass is 32.2. The van der Waals surface area contributed by atoms with Crippen molar-refractivity contribution in [1.82, 2.24) is 0 Å². The van der Waals surface area contributed by atoms with Gasteiger partial charge < -0.3 is 0 Å². The maximum absolute atomic E-state index is 13.4. The minimum absolute atomic E-state index is 0.276. The number of azo groups is 1. The molecule has 0 unspecified atom stereocenters. The van der Waals surface area contributed by atoms with Gasteiger partial charge in [-0.1, -0.05) is 12.1 Å². The highest BCUT2D eigenvalue weighted by Crippen LogP contribution is 2.34. The lowest BCUT2D eigenvalue weighted by molar-refractivity contribution is -0.111. The van der Waals surface area contributed by atoms with E-state index in [1.807, 2.05) is 0 Å². The minimum Gasteiger partial charge on any atom is -0.289 e. The van der Waals surface area contributed by atoms with Crippen LogP contribution in [-0.2, 0) is 14.9 Å². The second kappa shape index (κ2) is 7.99. The van der Waals surface area contributed by atoms with Crippen LogP contribution < -0.4 is 10.9 Å². The van der Waals surface area contributed by atoms with E-state index in [9.17, 15) is 17.6 Å². The summed E-state index contributed by atoms with van der Waals surface area (Å²) in [6.07, 6.45) is 3.07. The van der Waals surface area contributed by atoms with Crippen LogP contribution in [0.4, 0.5) is 10.1 Å². The number of hydrazine groups is 1. The number of allylic oxidation sites excluding steroid dienone is 4. The molecule has 0 spiro atoms. The fourth-order valence-electron chi connectivity index (χ4n) is 3.37. The van der Waals surface area contributed by atoms with E-state index in [0.717, 1.165) is 5.57 Å². The average Bonchev–Trinajstić information content (AvgIpc) is 3.27. The Bertz CT molecular complexity index is 1270. The third-order valence-electron chi connectivity index (χ3n) is 4.91. The lowest BCUT2D eigenvalue weighted by Crippen LogP contribution is -2.31. The van der Waals surface area contributed by atoms with Crippen molar-refractivity contribution in [3.63, 3.8) is 0 Å². The highest BCUT2D eigenvalue weighted by molar-refractivity contribution is 7.85. The zero-order valence-corrected chi connectivity index (χ0v) is 16.9. The van der Waals surface area contributed by atoms with Gasteiger partial charge in [0.25, 0.3) is 10.1 Å². The van der Waals surface area contributed by atoms with Crippen LogP contribution in [0.2, 0.25) is 0 Å². The lowest BCUT2D eigenvalue weighted by Gasteiger charge is -2.25. The summed E-state index contributed by atoms with van der Waals surface area (Å²) in [5, 5.41) is 9.12. The van der Waals surface area contributed by atoms with E-state index in [4.69, 9.17) is 10.4 Å². The molecule has 158 valence electrons. The van der Waals surface area contributed by atoms with Gasteiger partial charge in [0.2, 0.25) is 0 Å². The van der Waals surface area contributed by atoms with Crippen molar-refractivity contribution in [2.75, 3.05) is 18.1 Å². The summed E-state index contributed by atoms with van der Waals surface area (Å²) in [5.74, 6) is 5.51. The SMILES string of the molecule is NN(C1=CC(=O)C(=C2CN=NC2)C(c2ccc(F)cc2)=C1)c1ccc(S(=O)(=O)O)cc1. The van der Waals surface area contributed by atoms with Gasteiger partial charge in [-0.2, -0.15) is 18.6 Å². The molecule has 31 heavy (non-hydrogen) atoms. The molecule has 0 radical (unpaired) electrons. The summed E-state index contributed by atoms with van der Waals surface area (Å²) < 4.78 is 45.1. The van der Waals surface area contributed by atoms with E-state index in [1.165, 1.54) is 47.5 Å². The van der Waals surface area contributed by atoms with Gasteiger partial charge in [-0.05, 0) is 59.2 Å². The summed E-state index contributed by atoms with van der Waals surface area (Å²) in [6, 6.07) is 11.0. The Kier molecular flexibility index (Phi) is 5.36. The first-order valence-corrected chi connectivity index (χ1v) is 10.6. The number of nitrogens with two attached hydrogens (primary N) is 1. The van der Waals surface area contributed by atoms with E-state index in [1.54, 1.807) is 18.2 Å². The fourth-order valence-corrected chi connectivity index (χ4v) is 3.85. The Morgan fingerprint density at radius 1 is 0.968 bits per heavy atom. The van der Waals surface area contributed by atoms with Gasteiger partial charge in [0.1, 0.15) is 5.82 Å². The van der Waals surface area contributed by atoms with Gasteiger partial charge in [0, 0.05) is 11.6 Å². The van der Waals surface area contributed by atoms with Crippen LogP contribution in [0.3, 0.4) is 0 Å². The first kappa shape index (κ1) is 20.8. The predicted octanol–water partition coefficient (Wildman–Crippen LogP) is 3.07. The smallest absolute Gasteiger partial charge is 0.289 e. The summed E-state index contributed by atoms with van der Waals surface area (Å²) in [7, 11) is -4.34. The quantitative estimate of drug-likeness (QED) is 0.326. The molecule has 4 rings (SSSR count). The van der Waals surface area contributed by atoms with Gasteiger partial charge in [0.15, 0.2) is 5.78 Å². The van der Waals surface area contributed by atoms with E-state index >= 15 is 0 Å². The van der Waals surface area contributed by atoms with Crippen molar-refractivity contribution in [1.29, 1.82) is 0 Å². The molecular formula is C21H17FN4O4S. The third kappa shape index (κ3) is 4.22. The molecule has 2 aromatic rings. The van der Waals surface area contributed by atoms with Crippen LogP contribution in [0.25, 0.3) is 5.57 Å². The van der Waals surface area contributed by atoms with E-state index in [2.05, 4.69) is 10.2 Å². The van der Waals surface area contributed by atoms with Crippen LogP contribution in [0.1, 0.15) is 5.56 Å². The molecule has 0 fully saturated rings. The highest BCUT2D eigenvalue weighted by Gasteiger charge is 2.26. The molecule has 0 bridgehead atoms. The van der Waals surface area contributed by atoms with Crippen LogP contribution in [-0.4, -0.2) is 31.8 Å². The van der Waals surface area contributed by atoms with Crippen molar-refractivity contribution in [3.05, 3.63) is 88.9 Å². The topological polar surface area (TPSA) is 125 Å². The van der Waals surface area contributed by atoms with Crippen LogP contribution in [0.5, 0.6) is 0 Å². The summed E-state index contributed by atoms with van der Waals surface area (Å²) in [6.45, 7) is 0.623. The predicted molar refractivity (Wildman–Crippen MR) is 112 cm³/mol. The maximum Gasteiger partial charge on any atom is 0.294 e. The average molecular weight is 440 g/mol. The van der Waals surface area contributed by atoms with Crippen molar-refractivity contribution in [3.8, 4) is 0 Å². The molecule has 0 atom stereocenters. The largest absolute Gasteiger partial charge is 0.294 e. The number of carbonyl (C=O) groups excluding carboxylic acids is 1. The van der Waals surface area contributed by atoms with Crippen molar-refractivity contribution >= 4 is 27.2 Å². The molecule has 8 nitrogen and oxygen atoms in total. The molecule has 2 aromatic carbocycles. The second-order valence-corrected chi connectivity index (χ2v) is 8.34. The maximum atomic E-state index is 13.4. The Hall–Kier alpha value is -3.47. The van der Waals surface area contributed by atoms with Crippen molar-refractivity contribution < 1.29 is 22.2 Å². The zero-order valence-electron chi connectivity index (χ0n) is 16.1. The van der Waals surface area contributed by atoms with E-state index in [-0.39, 0.29) is 10.7 Å². The summed E-state index contributed by atoms with van der Waals surface area (Å²) >= 11 is 0. The first-order valence-electron chi connectivity index (χ1n) is 9.16. The Morgan fingerprint density at radius 3 is 2.16 bits per heavy atom. The second-order valence-electron chi connectivity index (χ2n) is 6.91. The normalized spacial score (nSPS) is 16.4. The molecule has 10 heteroatoms. The Labute approximate surface area is 177 Å². The molecule has 0 saturated carbocycles. The lowest BCUT2D eigenvalue weighted by atomic mass is 9.86. The van der Waals surface area contributed by atoms with Crippen LogP contribution in [0, 0.1) is 5.82 Å². The molecule has 3 N–H and O–H groups in total. The van der Waals surface area contributed by atoms with Crippen LogP contribution in [0.15, 0.2) is 92.7 Å². The number of hydrogen-bond donors (Lipinski definition) is 2. The number of nitrogens with zero attached hydrogens (tertiary/aromatic N) is 3. The standard InChI is InChI=1S/C21H17FN4O4S/c22-15-3-1-13(2-4-15)19-9-17(10-20(27)21(19)14-11-24-25-12-14)26(23)16-5-7-18(8-6-16)31(28,29)30/h1-10H,11-12,23H2,(H,28,29,30). The number of rotatable bonds is 4. The molecular weight excluding hydrogens is 423 g/mol. The fraction of sp³-hybridized carbons (Fsp3) is 0.0952. The number of hydrogen-bond acceptors (Lipinski definition) is 7. The third-order valence-corrected chi connectivity index (χ3v) is 5.78. The van der Waals surface area contributed by atoms with Gasteiger partial charge in [-0.15, -0.1) is 0 Å². The monoisotopic (exact) mass is 440 g/mol. The summed E-state index contributed by atoms with van der Waals surface area (Å²) in [5.41, 5.74) is 3.15. The van der Waals surface area contributed by atoms with E-state index < -0.39 is 15.9 Å². The Balaban J connectivity index is 1.76. The molecule has 2 aliphatic rings. The Morgan fingerprint density at radius 2 is 1.58 bits per heavy atom. The van der Waals surface area contributed by atoms with Gasteiger partial charge in [0.05, 0.1) is 29.4 Å². The van der Waals surface area contributed by atoms with Crippen molar-refractivity contribution in [2.24, 2.45) is 16.1 Å². The number of benzene rings is 2. The molecule has 1 heterocycles. The van der Waals surface area contributed by atoms with Crippen LogP contribution >= 0.6 is 0 Å². The molecule has 1 aliphatic heterocycles. The number of ketones is 1.